The third-order valence-corrected chi connectivity index (χ3v) is 4.85. The summed E-state index contributed by atoms with van der Waals surface area (Å²) < 4.78 is 16.0. The Kier molecular flexibility index (Phi) is 3.31. The first-order valence-corrected chi connectivity index (χ1v) is 7.82. The van der Waals surface area contributed by atoms with Crippen molar-refractivity contribution in [1.29, 1.82) is 0 Å². The minimum absolute atomic E-state index is 0.259. The number of thioether (sulfide) groups is 1. The Morgan fingerprint density at radius 3 is 2.75 bits per heavy atom. The molecule has 3 rings (SSSR count). The Hall–Kier alpha value is -1.73. The zero-order valence-corrected chi connectivity index (χ0v) is 12.4. The average Bonchev–Trinajstić information content (AvgIpc) is 2.87. The summed E-state index contributed by atoms with van der Waals surface area (Å²) in [7, 11) is 1.58. The van der Waals surface area contributed by atoms with Crippen LogP contribution in [-0.2, 0) is 7.05 Å². The number of thiazole rings is 1. The number of rotatable bonds is 2. The minimum atomic E-state index is -0.399. The normalized spacial score (nSPS) is 11.2. The second-order valence-corrected chi connectivity index (χ2v) is 6.15. The summed E-state index contributed by atoms with van der Waals surface area (Å²) in [5, 5.41) is 0. The minimum Gasteiger partial charge on any atom is -0.294 e. The van der Waals surface area contributed by atoms with Crippen LogP contribution in [0.2, 0.25) is 0 Å². The van der Waals surface area contributed by atoms with Gasteiger partial charge in [-0.05, 0) is 18.4 Å². The van der Waals surface area contributed by atoms with Crippen molar-refractivity contribution in [2.75, 3.05) is 6.26 Å². The maximum atomic E-state index is 13.9. The van der Waals surface area contributed by atoms with E-state index >= 15 is 0 Å². The van der Waals surface area contributed by atoms with Crippen molar-refractivity contribution in [2.24, 2.45) is 7.05 Å². The number of aromatic nitrogens is 3. The molecule has 0 atom stereocenters. The molecule has 0 bridgehead atoms. The van der Waals surface area contributed by atoms with Crippen molar-refractivity contribution in [2.45, 2.75) is 4.34 Å². The van der Waals surface area contributed by atoms with Gasteiger partial charge < -0.3 is 0 Å². The Morgan fingerprint density at radius 1 is 1.30 bits per heavy atom. The van der Waals surface area contributed by atoms with Crippen LogP contribution in [0.5, 0.6) is 0 Å². The summed E-state index contributed by atoms with van der Waals surface area (Å²) in [6.07, 6.45) is 1.89. The monoisotopic (exact) mass is 307 g/mol. The maximum Gasteiger partial charge on any atom is 0.280 e. The first-order chi connectivity index (χ1) is 9.61. The third kappa shape index (κ3) is 2.03. The molecule has 0 aliphatic carbocycles. The number of hydrogen-bond acceptors (Lipinski definition) is 5. The molecule has 0 saturated carbocycles. The molecule has 0 aliphatic rings. The van der Waals surface area contributed by atoms with Crippen LogP contribution < -0.4 is 5.56 Å². The van der Waals surface area contributed by atoms with Gasteiger partial charge in [0.25, 0.3) is 5.56 Å². The van der Waals surface area contributed by atoms with E-state index in [9.17, 15) is 9.18 Å². The number of fused-ring (bicyclic) bond motifs is 1. The van der Waals surface area contributed by atoms with Crippen LogP contribution in [-0.4, -0.2) is 20.8 Å². The smallest absolute Gasteiger partial charge is 0.280 e. The summed E-state index contributed by atoms with van der Waals surface area (Å²) in [6, 6.07) is 6.29. The van der Waals surface area contributed by atoms with E-state index in [1.165, 1.54) is 33.7 Å². The largest absolute Gasteiger partial charge is 0.294 e. The van der Waals surface area contributed by atoms with Gasteiger partial charge >= 0.3 is 0 Å². The van der Waals surface area contributed by atoms with Crippen LogP contribution in [0.3, 0.4) is 0 Å². The van der Waals surface area contributed by atoms with Gasteiger partial charge in [-0.25, -0.2) is 14.4 Å². The molecule has 0 fully saturated rings. The van der Waals surface area contributed by atoms with Crippen molar-refractivity contribution < 1.29 is 4.39 Å². The van der Waals surface area contributed by atoms with Crippen LogP contribution in [0.25, 0.3) is 21.7 Å². The molecule has 0 unspecified atom stereocenters. The number of benzene rings is 1. The van der Waals surface area contributed by atoms with Crippen LogP contribution in [0.4, 0.5) is 4.39 Å². The van der Waals surface area contributed by atoms with Gasteiger partial charge in [0.05, 0.1) is 5.56 Å². The van der Waals surface area contributed by atoms with E-state index in [0.717, 1.165) is 4.34 Å². The van der Waals surface area contributed by atoms with Crippen LogP contribution in [0, 0.1) is 5.82 Å². The quantitative estimate of drug-likeness (QED) is 0.683. The molecule has 20 heavy (non-hydrogen) atoms. The van der Waals surface area contributed by atoms with Gasteiger partial charge in [-0.15, -0.1) is 0 Å². The van der Waals surface area contributed by atoms with Gasteiger partial charge in [0.1, 0.15) is 11.6 Å². The van der Waals surface area contributed by atoms with Crippen LogP contribution in [0.1, 0.15) is 0 Å². The lowest BCUT2D eigenvalue weighted by Gasteiger charge is -2.07. The standard InChI is InChI=1S/C13H10FN3OS2/c1-17-10(7-5-3-4-6-8(7)14)16-11-9(12(17)18)15-13(19-2)20-11/h3-6H,1-2H3. The molecule has 7 heteroatoms. The zero-order valence-electron chi connectivity index (χ0n) is 10.8. The highest BCUT2D eigenvalue weighted by atomic mass is 32.2. The Morgan fingerprint density at radius 2 is 2.05 bits per heavy atom. The van der Waals surface area contributed by atoms with Gasteiger partial charge in [0.2, 0.25) is 0 Å². The fourth-order valence-electron chi connectivity index (χ4n) is 1.91. The Balaban J connectivity index is 2.35. The third-order valence-electron chi connectivity index (χ3n) is 2.91. The average molecular weight is 307 g/mol. The highest BCUT2D eigenvalue weighted by Gasteiger charge is 2.16. The fourth-order valence-corrected chi connectivity index (χ4v) is 3.32. The zero-order chi connectivity index (χ0) is 14.3. The van der Waals surface area contributed by atoms with E-state index in [4.69, 9.17) is 0 Å². The fraction of sp³-hybridized carbons (Fsp3) is 0.154. The lowest BCUT2D eigenvalue weighted by molar-refractivity contribution is 0.628. The van der Waals surface area contributed by atoms with E-state index in [-0.39, 0.29) is 5.56 Å². The van der Waals surface area contributed by atoms with Gasteiger partial charge in [0.15, 0.2) is 14.7 Å². The van der Waals surface area contributed by atoms with Gasteiger partial charge in [-0.3, -0.25) is 9.36 Å². The van der Waals surface area contributed by atoms with E-state index in [2.05, 4.69) is 9.97 Å². The van der Waals surface area contributed by atoms with E-state index in [1.807, 2.05) is 6.26 Å². The lowest BCUT2D eigenvalue weighted by Crippen LogP contribution is -2.20. The summed E-state index contributed by atoms with van der Waals surface area (Å²) in [6.45, 7) is 0. The van der Waals surface area contributed by atoms with Gasteiger partial charge in [-0.1, -0.05) is 35.2 Å². The van der Waals surface area contributed by atoms with Crippen molar-refractivity contribution in [3.05, 3.63) is 40.4 Å². The molecule has 0 N–H and O–H groups in total. The second-order valence-electron chi connectivity index (χ2n) is 4.12. The number of hydrogen-bond donors (Lipinski definition) is 0. The van der Waals surface area contributed by atoms with Crippen LogP contribution >= 0.6 is 23.1 Å². The maximum absolute atomic E-state index is 13.9. The molecule has 2 heterocycles. The van der Waals surface area contributed by atoms with Crippen molar-refractivity contribution in [3.63, 3.8) is 0 Å². The topological polar surface area (TPSA) is 47.8 Å². The van der Waals surface area contributed by atoms with E-state index in [0.29, 0.717) is 21.7 Å². The molecule has 0 amide bonds. The second kappa shape index (κ2) is 4.99. The Labute approximate surface area is 122 Å². The predicted octanol–water partition coefficient (Wildman–Crippen LogP) is 2.92. The molecule has 0 spiro atoms. The summed E-state index contributed by atoms with van der Waals surface area (Å²) in [5.74, 6) is -0.0825. The molecular formula is C13H10FN3OS2. The molecule has 0 aliphatic heterocycles. The molecule has 2 aromatic heterocycles. The van der Waals surface area contributed by atoms with Crippen molar-refractivity contribution >= 4 is 33.4 Å². The SMILES string of the molecule is CSc1nc2c(=O)n(C)c(-c3ccccc3F)nc2s1. The van der Waals surface area contributed by atoms with E-state index in [1.54, 1.807) is 25.2 Å². The molecule has 0 saturated heterocycles. The highest BCUT2D eigenvalue weighted by Crippen LogP contribution is 2.27. The van der Waals surface area contributed by atoms with Gasteiger partial charge in [0, 0.05) is 7.05 Å². The summed E-state index contributed by atoms with van der Waals surface area (Å²) in [4.78, 5) is 21.5. The molecule has 4 nitrogen and oxygen atoms in total. The number of halogens is 1. The lowest BCUT2D eigenvalue weighted by atomic mass is 10.2. The highest BCUT2D eigenvalue weighted by molar-refractivity contribution is 8.00. The molecule has 0 radical (unpaired) electrons. The summed E-state index contributed by atoms with van der Waals surface area (Å²) >= 11 is 2.80. The molecular weight excluding hydrogens is 297 g/mol. The van der Waals surface area contributed by atoms with Crippen molar-refractivity contribution in [1.82, 2.24) is 14.5 Å². The van der Waals surface area contributed by atoms with E-state index < -0.39 is 5.82 Å². The van der Waals surface area contributed by atoms with Gasteiger partial charge in [-0.2, -0.15) is 0 Å². The molecule has 3 aromatic rings. The number of nitrogens with zero attached hydrogens (tertiary/aromatic N) is 3. The predicted molar refractivity (Wildman–Crippen MR) is 79.8 cm³/mol. The molecule has 102 valence electrons. The first-order valence-electron chi connectivity index (χ1n) is 5.78. The Bertz CT molecular complexity index is 856. The first kappa shape index (κ1) is 13.3. The van der Waals surface area contributed by atoms with Crippen LogP contribution in [0.15, 0.2) is 33.4 Å². The van der Waals surface area contributed by atoms with Crippen molar-refractivity contribution in [3.8, 4) is 11.4 Å². The summed E-state index contributed by atoms with van der Waals surface area (Å²) in [5.41, 5.74) is 0.389. The molecule has 1 aromatic carbocycles.